The monoisotopic (exact) mass is 470 g/mol. The van der Waals surface area contributed by atoms with E-state index >= 15 is 0 Å². The first kappa shape index (κ1) is 26.4. The van der Waals surface area contributed by atoms with Crippen molar-refractivity contribution in [1.82, 2.24) is 0 Å². The average molecular weight is 470 g/mol. The van der Waals surface area contributed by atoms with E-state index in [2.05, 4.69) is 0 Å². The third-order valence-corrected chi connectivity index (χ3v) is 4.28. The van der Waals surface area contributed by atoms with Gasteiger partial charge in [-0.05, 0) is 53.6 Å². The van der Waals surface area contributed by atoms with Crippen molar-refractivity contribution in [2.45, 2.75) is 12.6 Å². The molecule has 0 saturated heterocycles. The minimum Gasteiger partial charge on any atom is -1.00 e. The number of ether oxygens (including phenoxy) is 2. The molecule has 33 heavy (non-hydrogen) atoms. The van der Waals surface area contributed by atoms with Gasteiger partial charge in [0, 0.05) is 6.07 Å². The Kier molecular flexibility index (Phi) is 9.52. The zero-order valence-corrected chi connectivity index (χ0v) is 19.6. The van der Waals surface area contributed by atoms with Gasteiger partial charge in [0.05, 0.1) is 12.0 Å². The van der Waals surface area contributed by atoms with E-state index in [1.54, 1.807) is 30.4 Å². The topological polar surface area (TPSA) is 55.8 Å². The third kappa shape index (κ3) is 8.24. The zero-order valence-electron chi connectivity index (χ0n) is 18.6. The predicted molar refractivity (Wildman–Crippen MR) is 111 cm³/mol. The third-order valence-electron chi connectivity index (χ3n) is 4.28. The van der Waals surface area contributed by atoms with Crippen LogP contribution in [0.15, 0.2) is 72.8 Å². The Bertz CT molecular complexity index is 1120. The predicted octanol–water partition coefficient (Wildman–Crippen LogP) is 3.47. The van der Waals surface area contributed by atoms with E-state index in [0.29, 0.717) is 22.6 Å². The van der Waals surface area contributed by atoms with Crippen molar-refractivity contribution in [3.05, 3.63) is 95.3 Å². The van der Waals surface area contributed by atoms with Crippen LogP contribution in [0, 0.1) is 5.82 Å². The van der Waals surface area contributed by atoms with Crippen molar-refractivity contribution in [3.63, 3.8) is 0 Å². The van der Waals surface area contributed by atoms with Gasteiger partial charge in [0.15, 0.2) is 11.6 Å². The van der Waals surface area contributed by atoms with Gasteiger partial charge in [0.1, 0.15) is 18.1 Å². The van der Waals surface area contributed by atoms with Gasteiger partial charge in [-0.1, -0.05) is 30.3 Å². The van der Waals surface area contributed by atoms with E-state index in [1.807, 2.05) is 0 Å². The Labute approximate surface area is 211 Å². The maximum absolute atomic E-state index is 14.0. The first-order chi connectivity index (χ1) is 15.2. The molecule has 0 bridgehead atoms. The van der Waals surface area contributed by atoms with Crippen LogP contribution in [-0.4, -0.2) is 17.7 Å². The van der Waals surface area contributed by atoms with Crippen LogP contribution >= 0.6 is 0 Å². The van der Waals surface area contributed by atoms with E-state index < -0.39 is 23.5 Å². The summed E-state index contributed by atoms with van der Waals surface area (Å²) in [6.45, 7) is 0.146. The minimum absolute atomic E-state index is 0. The molecule has 0 aromatic heterocycles. The van der Waals surface area contributed by atoms with Crippen molar-refractivity contribution in [2.24, 2.45) is 0 Å². The summed E-state index contributed by atoms with van der Waals surface area (Å²) in [7, 11) is 0. The molecule has 0 spiro atoms. The van der Waals surface area contributed by atoms with Crippen LogP contribution in [0.5, 0.6) is 17.2 Å². The molecule has 4 nitrogen and oxygen atoms in total. The summed E-state index contributed by atoms with van der Waals surface area (Å²) in [5.41, 5.74) is 0.276. The molecule has 0 radical (unpaired) electrons. The van der Waals surface area contributed by atoms with Gasteiger partial charge >= 0.3 is 41.7 Å². The zero-order chi connectivity index (χ0) is 23.1. The Morgan fingerprint density at radius 2 is 1.70 bits per heavy atom. The van der Waals surface area contributed by atoms with E-state index in [9.17, 15) is 22.4 Å². The van der Waals surface area contributed by atoms with Crippen LogP contribution in [0.4, 0.5) is 17.6 Å². The molecule has 0 fully saturated rings. The van der Waals surface area contributed by atoms with Crippen LogP contribution in [-0.2, 0) is 17.4 Å². The molecule has 0 amide bonds. The van der Waals surface area contributed by atoms with Gasteiger partial charge in [-0.15, -0.1) is 0 Å². The Morgan fingerprint density at radius 3 is 2.36 bits per heavy atom. The first-order valence-electron chi connectivity index (χ1n) is 9.45. The fourth-order valence-corrected chi connectivity index (χ4v) is 2.78. The summed E-state index contributed by atoms with van der Waals surface area (Å²) in [5, 5.41) is 8.87. The fourth-order valence-electron chi connectivity index (χ4n) is 2.78. The number of hydrogen-bond donors (Lipinski definition) is 1. The molecule has 0 saturated carbocycles. The van der Waals surface area contributed by atoms with Gasteiger partial charge in [-0.2, -0.15) is 13.2 Å². The Morgan fingerprint density at radius 1 is 1.00 bits per heavy atom. The van der Waals surface area contributed by atoms with Crippen molar-refractivity contribution in [1.29, 1.82) is 0 Å². The number of carboxylic acid groups (broad SMARTS) is 1. The molecule has 3 rings (SSSR count). The quantitative estimate of drug-likeness (QED) is 0.405. The van der Waals surface area contributed by atoms with Crippen LogP contribution in [0.25, 0.3) is 6.08 Å². The number of benzene rings is 3. The molecule has 0 heterocycles. The Hall–Kier alpha value is -2.81. The van der Waals surface area contributed by atoms with Gasteiger partial charge in [-0.25, -0.2) is 4.39 Å². The molecule has 9 heteroatoms. The van der Waals surface area contributed by atoms with Crippen molar-refractivity contribution < 1.29 is 67.9 Å². The molecule has 3 aromatic rings. The molecule has 3 aromatic carbocycles. The van der Waals surface area contributed by atoms with Gasteiger partial charge in [-0.3, -0.25) is 4.79 Å². The summed E-state index contributed by atoms with van der Waals surface area (Å²) in [4.78, 5) is 10.8. The summed E-state index contributed by atoms with van der Waals surface area (Å²) >= 11 is 0. The van der Waals surface area contributed by atoms with Crippen LogP contribution < -0.4 is 39.0 Å². The molecular weight excluding hydrogens is 451 g/mol. The van der Waals surface area contributed by atoms with Gasteiger partial charge in [0.2, 0.25) is 0 Å². The van der Waals surface area contributed by atoms with E-state index in [0.717, 1.165) is 18.2 Å². The molecular formula is C24H19F4NaO4. The second-order valence-electron chi connectivity index (χ2n) is 6.75. The van der Waals surface area contributed by atoms with E-state index in [-0.39, 0.29) is 49.8 Å². The first-order valence-corrected chi connectivity index (χ1v) is 9.45. The van der Waals surface area contributed by atoms with Crippen LogP contribution in [0.3, 0.4) is 0 Å². The summed E-state index contributed by atoms with van der Waals surface area (Å²) in [6.07, 6.45) is -1.36. The number of halogens is 4. The van der Waals surface area contributed by atoms with Crippen LogP contribution in [0.1, 0.15) is 18.1 Å². The molecule has 0 aliphatic heterocycles. The number of alkyl halides is 3. The number of hydrogen-bond acceptors (Lipinski definition) is 3. The number of rotatable bonds is 8. The summed E-state index contributed by atoms with van der Waals surface area (Å²) in [5.74, 6) is -1.06. The maximum atomic E-state index is 14.0. The molecule has 168 valence electrons. The minimum atomic E-state index is -4.38. The fraction of sp³-hybridized carbons (Fsp3) is 0.125. The van der Waals surface area contributed by atoms with Gasteiger partial charge in [0.25, 0.3) is 0 Å². The van der Waals surface area contributed by atoms with E-state index in [4.69, 9.17) is 14.6 Å². The molecule has 0 atom stereocenters. The standard InChI is InChI=1S/C24H18F4O4.Na.H/c25-21-11-8-17(14-23(29)30)13-22(21)32-20-5-1-4-19(15-20)31-12-2-3-16-6-9-18(10-7-16)24(26,27)28;;/h1-11,13,15H,12,14H2,(H,29,30);;/q;+1;-1. The van der Waals surface area contributed by atoms with Crippen molar-refractivity contribution in [2.75, 3.05) is 6.61 Å². The van der Waals surface area contributed by atoms with Crippen LogP contribution in [0.2, 0.25) is 0 Å². The van der Waals surface area contributed by atoms with Crippen molar-refractivity contribution >= 4 is 12.0 Å². The Balaban J connectivity index is 0.00000289. The second-order valence-corrected chi connectivity index (χ2v) is 6.75. The molecule has 0 unspecified atom stereocenters. The number of aliphatic carboxylic acids is 1. The molecule has 1 N–H and O–H groups in total. The normalized spacial score (nSPS) is 11.2. The SMILES string of the molecule is O=C(O)Cc1ccc(F)c(Oc2cccc(OCC=Cc3ccc(C(F)(F)F)cc3)c2)c1.[H-].[Na+]. The molecule has 0 aliphatic carbocycles. The van der Waals surface area contributed by atoms with Crippen molar-refractivity contribution in [3.8, 4) is 17.2 Å². The number of carboxylic acids is 1. The molecule has 0 aliphatic rings. The largest absolute Gasteiger partial charge is 1.00 e. The second kappa shape index (κ2) is 11.9. The maximum Gasteiger partial charge on any atom is 1.00 e. The number of carbonyl (C=O) groups is 1. The average Bonchev–Trinajstić information content (AvgIpc) is 2.73. The van der Waals surface area contributed by atoms with E-state index in [1.165, 1.54) is 30.3 Å². The summed E-state index contributed by atoms with van der Waals surface area (Å²) in [6, 6.07) is 15.0. The summed E-state index contributed by atoms with van der Waals surface area (Å²) < 4.78 is 62.9. The smallest absolute Gasteiger partial charge is 1.00 e. The van der Waals surface area contributed by atoms with Gasteiger partial charge < -0.3 is 16.0 Å².